The lowest BCUT2D eigenvalue weighted by Crippen LogP contribution is -2.39. The summed E-state index contributed by atoms with van der Waals surface area (Å²) in [7, 11) is 0. The van der Waals surface area contributed by atoms with Crippen molar-refractivity contribution in [3.63, 3.8) is 0 Å². The number of carbonyl (C=O) groups excluding carboxylic acids is 2. The van der Waals surface area contributed by atoms with Crippen molar-refractivity contribution in [2.45, 2.75) is 38.7 Å². The van der Waals surface area contributed by atoms with Crippen molar-refractivity contribution in [3.8, 4) is 0 Å². The molecule has 7 heteroatoms. The van der Waals surface area contributed by atoms with Crippen LogP contribution in [0, 0.1) is 17.8 Å². The van der Waals surface area contributed by atoms with Crippen LogP contribution in [-0.2, 0) is 20.9 Å². The van der Waals surface area contributed by atoms with Gasteiger partial charge in [0.1, 0.15) is 22.4 Å². The number of Topliss-reactive ketones (excluding diaryl/α,β-unsaturated/α-hetero) is 1. The first-order valence-electron chi connectivity index (χ1n) is 6.82. The number of rotatable bonds is 3. The summed E-state index contributed by atoms with van der Waals surface area (Å²) in [5.74, 6) is 0.0769. The zero-order valence-corrected chi connectivity index (χ0v) is 12.5. The number of ether oxygens (including phenoxy) is 1. The monoisotopic (exact) mass is 314 g/mol. The second-order valence-corrected chi connectivity index (χ2v) is 6.85. The summed E-state index contributed by atoms with van der Waals surface area (Å²) in [5, 5.41) is 3.81. The highest BCUT2D eigenvalue weighted by atomic mass is 35.5. The fourth-order valence-corrected chi connectivity index (χ4v) is 3.81. The SMILES string of the molecule is O=C(OCc1nnsc1Cl)C1CC2CCCC(C1)C2=O. The number of halogens is 1. The van der Waals surface area contributed by atoms with E-state index >= 15 is 0 Å². The fourth-order valence-electron chi connectivity index (χ4n) is 3.21. The van der Waals surface area contributed by atoms with E-state index < -0.39 is 0 Å². The van der Waals surface area contributed by atoms with Crippen LogP contribution in [0.3, 0.4) is 0 Å². The highest BCUT2D eigenvalue weighted by Crippen LogP contribution is 2.40. The van der Waals surface area contributed by atoms with Gasteiger partial charge in [-0.3, -0.25) is 9.59 Å². The summed E-state index contributed by atoms with van der Waals surface area (Å²) in [4.78, 5) is 24.1. The molecule has 5 nitrogen and oxygen atoms in total. The van der Waals surface area contributed by atoms with Crippen LogP contribution in [0.5, 0.6) is 0 Å². The van der Waals surface area contributed by atoms with E-state index in [0.717, 1.165) is 30.8 Å². The van der Waals surface area contributed by atoms with Gasteiger partial charge in [-0.1, -0.05) is 22.5 Å². The van der Waals surface area contributed by atoms with Crippen LogP contribution in [0.2, 0.25) is 4.34 Å². The molecule has 0 aromatic carbocycles. The summed E-state index contributed by atoms with van der Waals surface area (Å²) in [6.07, 6.45) is 4.21. The topological polar surface area (TPSA) is 69.2 Å². The zero-order chi connectivity index (χ0) is 14.1. The number of esters is 1. The second-order valence-electron chi connectivity index (χ2n) is 5.50. The van der Waals surface area contributed by atoms with Gasteiger partial charge in [-0.15, -0.1) is 5.10 Å². The molecular formula is C13H15ClN2O3S. The molecule has 2 fully saturated rings. The highest BCUT2D eigenvalue weighted by Gasteiger charge is 2.41. The van der Waals surface area contributed by atoms with Gasteiger partial charge in [0.25, 0.3) is 0 Å². The third-order valence-electron chi connectivity index (χ3n) is 4.24. The van der Waals surface area contributed by atoms with Crippen LogP contribution >= 0.6 is 23.1 Å². The molecule has 0 radical (unpaired) electrons. The van der Waals surface area contributed by atoms with E-state index in [9.17, 15) is 9.59 Å². The van der Waals surface area contributed by atoms with Gasteiger partial charge in [0.05, 0.1) is 5.92 Å². The predicted molar refractivity (Wildman–Crippen MR) is 73.3 cm³/mol. The molecule has 2 saturated carbocycles. The minimum Gasteiger partial charge on any atom is -0.459 e. The van der Waals surface area contributed by atoms with E-state index in [4.69, 9.17) is 16.3 Å². The van der Waals surface area contributed by atoms with Crippen LogP contribution in [-0.4, -0.2) is 21.3 Å². The molecule has 0 amide bonds. The van der Waals surface area contributed by atoms with E-state index in [-0.39, 0.29) is 30.3 Å². The molecule has 2 aliphatic rings. The van der Waals surface area contributed by atoms with Crippen LogP contribution < -0.4 is 0 Å². The second kappa shape index (κ2) is 5.77. The van der Waals surface area contributed by atoms with Crippen LogP contribution in [0.4, 0.5) is 0 Å². The summed E-state index contributed by atoms with van der Waals surface area (Å²) < 4.78 is 9.42. The Morgan fingerprint density at radius 3 is 2.65 bits per heavy atom. The van der Waals surface area contributed by atoms with Crippen molar-refractivity contribution in [3.05, 3.63) is 10.0 Å². The average molecular weight is 315 g/mol. The summed E-state index contributed by atoms with van der Waals surface area (Å²) in [6.45, 7) is 0.0634. The van der Waals surface area contributed by atoms with E-state index in [0.29, 0.717) is 28.7 Å². The van der Waals surface area contributed by atoms with Crippen LogP contribution in [0.25, 0.3) is 0 Å². The number of nitrogens with zero attached hydrogens (tertiary/aromatic N) is 2. The Morgan fingerprint density at radius 1 is 1.35 bits per heavy atom. The smallest absolute Gasteiger partial charge is 0.309 e. The zero-order valence-electron chi connectivity index (χ0n) is 10.9. The average Bonchev–Trinajstić information content (AvgIpc) is 2.81. The maximum atomic E-state index is 12.1. The van der Waals surface area contributed by atoms with Crippen molar-refractivity contribution in [1.29, 1.82) is 0 Å². The Hall–Kier alpha value is -1.01. The summed E-state index contributed by atoms with van der Waals surface area (Å²) >= 11 is 6.94. The molecule has 1 aromatic heterocycles. The number of carbonyl (C=O) groups is 2. The minimum absolute atomic E-state index is 0.0598. The number of ketones is 1. The van der Waals surface area contributed by atoms with Crippen molar-refractivity contribution >= 4 is 34.9 Å². The van der Waals surface area contributed by atoms with Gasteiger partial charge in [0.15, 0.2) is 0 Å². The van der Waals surface area contributed by atoms with Gasteiger partial charge in [0.2, 0.25) is 0 Å². The predicted octanol–water partition coefficient (Wildman–Crippen LogP) is 2.63. The third kappa shape index (κ3) is 2.72. The van der Waals surface area contributed by atoms with Gasteiger partial charge in [-0.05, 0) is 25.7 Å². The molecule has 0 spiro atoms. The lowest BCUT2D eigenvalue weighted by atomic mass is 9.67. The van der Waals surface area contributed by atoms with Crippen molar-refractivity contribution in [1.82, 2.24) is 9.59 Å². The van der Waals surface area contributed by atoms with Crippen molar-refractivity contribution in [2.75, 3.05) is 0 Å². The Kier molecular flexibility index (Phi) is 4.03. The number of aromatic nitrogens is 2. The molecule has 108 valence electrons. The third-order valence-corrected chi connectivity index (χ3v) is 5.23. The normalized spacial score (nSPS) is 29.2. The van der Waals surface area contributed by atoms with E-state index in [1.165, 1.54) is 0 Å². The van der Waals surface area contributed by atoms with Crippen molar-refractivity contribution < 1.29 is 14.3 Å². The van der Waals surface area contributed by atoms with Gasteiger partial charge in [0, 0.05) is 23.4 Å². The molecule has 0 N–H and O–H groups in total. The van der Waals surface area contributed by atoms with Crippen LogP contribution in [0.15, 0.2) is 0 Å². The lowest BCUT2D eigenvalue weighted by molar-refractivity contribution is -0.154. The highest BCUT2D eigenvalue weighted by molar-refractivity contribution is 7.10. The molecule has 2 atom stereocenters. The maximum Gasteiger partial charge on any atom is 0.309 e. The molecule has 2 bridgehead atoms. The standard InChI is InChI=1S/C13H15ClN2O3S/c14-12-10(15-16-20-12)6-19-13(18)9-4-7-2-1-3-8(5-9)11(7)17/h7-9H,1-6H2. The molecule has 0 saturated heterocycles. The Bertz CT molecular complexity index is 517. The summed E-state index contributed by atoms with van der Waals surface area (Å²) in [6, 6.07) is 0. The lowest BCUT2D eigenvalue weighted by Gasteiger charge is -2.36. The first-order valence-corrected chi connectivity index (χ1v) is 7.97. The molecule has 20 heavy (non-hydrogen) atoms. The first kappa shape index (κ1) is 13.9. The molecular weight excluding hydrogens is 300 g/mol. The van der Waals surface area contributed by atoms with E-state index in [1.54, 1.807) is 0 Å². The molecule has 0 aliphatic heterocycles. The number of hydrogen-bond donors (Lipinski definition) is 0. The molecule has 3 rings (SSSR count). The largest absolute Gasteiger partial charge is 0.459 e. The van der Waals surface area contributed by atoms with Gasteiger partial charge in [-0.2, -0.15) is 0 Å². The minimum atomic E-state index is -0.238. The first-order chi connectivity index (χ1) is 9.65. The van der Waals surface area contributed by atoms with Gasteiger partial charge >= 0.3 is 5.97 Å². The quantitative estimate of drug-likeness (QED) is 0.802. The Morgan fingerprint density at radius 2 is 2.05 bits per heavy atom. The van der Waals surface area contributed by atoms with Gasteiger partial charge in [-0.25, -0.2) is 0 Å². The molecule has 2 unspecified atom stereocenters. The Balaban J connectivity index is 1.58. The van der Waals surface area contributed by atoms with Crippen molar-refractivity contribution in [2.24, 2.45) is 17.8 Å². The Labute approximate surface area is 125 Å². The molecule has 1 aromatic rings. The molecule has 2 aliphatic carbocycles. The van der Waals surface area contributed by atoms with E-state index in [1.807, 2.05) is 0 Å². The maximum absolute atomic E-state index is 12.1. The number of fused-ring (bicyclic) bond motifs is 2. The molecule has 1 heterocycles. The fraction of sp³-hybridized carbons (Fsp3) is 0.692. The van der Waals surface area contributed by atoms with Crippen LogP contribution in [0.1, 0.15) is 37.8 Å². The number of hydrogen-bond acceptors (Lipinski definition) is 6. The van der Waals surface area contributed by atoms with E-state index in [2.05, 4.69) is 9.59 Å². The van der Waals surface area contributed by atoms with Gasteiger partial charge < -0.3 is 4.74 Å². The summed E-state index contributed by atoms with van der Waals surface area (Å²) in [5.41, 5.74) is 0.497.